The number of hydrogen-bond donors (Lipinski definition) is 1. The van der Waals surface area contributed by atoms with Crippen LogP contribution in [0.15, 0.2) is 48.7 Å². The Morgan fingerprint density at radius 2 is 1.94 bits per heavy atom. The number of amides is 1. The molecule has 1 N–H and O–H groups in total. The molecule has 2 rings (SSSR count). The predicted molar refractivity (Wildman–Crippen MR) is 71.3 cm³/mol. The molecule has 0 bridgehead atoms. The van der Waals surface area contributed by atoms with E-state index in [0.717, 1.165) is 3.57 Å². The minimum Gasteiger partial charge on any atom is -0.307 e. The van der Waals surface area contributed by atoms with Crippen molar-refractivity contribution in [2.45, 2.75) is 0 Å². The number of rotatable bonds is 2. The maximum absolute atomic E-state index is 11.8. The highest BCUT2D eigenvalue weighted by Crippen LogP contribution is 2.10. The number of halogens is 1. The summed E-state index contributed by atoms with van der Waals surface area (Å²) in [6, 6.07) is 12.8. The molecule has 0 unspecified atom stereocenters. The van der Waals surface area contributed by atoms with Gasteiger partial charge in [0.15, 0.2) is 0 Å². The Bertz CT molecular complexity index is 499. The maximum Gasteiger partial charge on any atom is 0.256 e. The smallest absolute Gasteiger partial charge is 0.256 e. The number of pyridine rings is 1. The molecule has 0 aliphatic heterocycles. The van der Waals surface area contributed by atoms with Gasteiger partial charge in [-0.25, -0.2) is 4.98 Å². The zero-order valence-corrected chi connectivity index (χ0v) is 10.5. The van der Waals surface area contributed by atoms with E-state index in [1.54, 1.807) is 18.3 Å². The third-order valence-electron chi connectivity index (χ3n) is 2.00. The largest absolute Gasteiger partial charge is 0.307 e. The summed E-state index contributed by atoms with van der Waals surface area (Å²) in [5.41, 5.74) is 0.628. The lowest BCUT2D eigenvalue weighted by Gasteiger charge is -2.04. The van der Waals surface area contributed by atoms with Crippen molar-refractivity contribution < 1.29 is 4.79 Å². The topological polar surface area (TPSA) is 42.0 Å². The van der Waals surface area contributed by atoms with Crippen LogP contribution in [-0.4, -0.2) is 10.9 Å². The van der Waals surface area contributed by atoms with Gasteiger partial charge in [-0.1, -0.05) is 18.2 Å². The van der Waals surface area contributed by atoms with Gasteiger partial charge >= 0.3 is 0 Å². The van der Waals surface area contributed by atoms with Crippen LogP contribution < -0.4 is 5.32 Å². The Labute approximate surface area is 107 Å². The molecular formula is C12H9IN2O. The molecule has 0 aliphatic rings. The summed E-state index contributed by atoms with van der Waals surface area (Å²) in [5.74, 6) is 0.427. The second-order valence-corrected chi connectivity index (χ2v) is 4.43. The van der Waals surface area contributed by atoms with E-state index < -0.39 is 0 Å². The quantitative estimate of drug-likeness (QED) is 0.863. The SMILES string of the molecule is O=C(Nc1cc(I)ccn1)c1ccccc1. The second-order valence-electron chi connectivity index (χ2n) is 3.18. The van der Waals surface area contributed by atoms with E-state index in [1.807, 2.05) is 30.3 Å². The Hall–Kier alpha value is -1.43. The van der Waals surface area contributed by atoms with Gasteiger partial charge in [0.25, 0.3) is 5.91 Å². The summed E-state index contributed by atoms with van der Waals surface area (Å²) < 4.78 is 1.04. The van der Waals surface area contributed by atoms with Crippen molar-refractivity contribution >= 4 is 34.3 Å². The highest BCUT2D eigenvalue weighted by molar-refractivity contribution is 14.1. The van der Waals surface area contributed by atoms with Crippen LogP contribution >= 0.6 is 22.6 Å². The summed E-state index contributed by atoms with van der Waals surface area (Å²) in [7, 11) is 0. The Morgan fingerprint density at radius 1 is 1.19 bits per heavy atom. The molecule has 0 spiro atoms. The van der Waals surface area contributed by atoms with Crippen molar-refractivity contribution in [2.24, 2.45) is 0 Å². The summed E-state index contributed by atoms with van der Waals surface area (Å²) in [6.07, 6.45) is 1.67. The molecule has 0 saturated carbocycles. The van der Waals surface area contributed by atoms with Crippen LogP contribution in [0.25, 0.3) is 0 Å². The lowest BCUT2D eigenvalue weighted by molar-refractivity contribution is 0.102. The van der Waals surface area contributed by atoms with Gasteiger partial charge in [0, 0.05) is 15.3 Å². The second kappa shape index (κ2) is 5.07. The van der Waals surface area contributed by atoms with Crippen LogP contribution in [0.1, 0.15) is 10.4 Å². The first-order valence-corrected chi connectivity index (χ1v) is 5.81. The van der Waals surface area contributed by atoms with Gasteiger partial charge in [-0.05, 0) is 46.9 Å². The minimum atomic E-state index is -0.143. The molecule has 0 radical (unpaired) electrons. The van der Waals surface area contributed by atoms with E-state index in [4.69, 9.17) is 0 Å². The number of carbonyl (C=O) groups excluding carboxylic acids is 1. The molecule has 16 heavy (non-hydrogen) atoms. The molecule has 0 fully saturated rings. The molecule has 2 aromatic rings. The number of hydrogen-bond acceptors (Lipinski definition) is 2. The Morgan fingerprint density at radius 3 is 2.62 bits per heavy atom. The maximum atomic E-state index is 11.8. The first-order valence-electron chi connectivity index (χ1n) is 4.73. The normalized spacial score (nSPS) is 9.81. The third kappa shape index (κ3) is 2.79. The van der Waals surface area contributed by atoms with Gasteiger partial charge in [-0.15, -0.1) is 0 Å². The van der Waals surface area contributed by atoms with Gasteiger partial charge in [-0.3, -0.25) is 4.79 Å². The first kappa shape index (κ1) is 11.1. The highest BCUT2D eigenvalue weighted by Gasteiger charge is 2.05. The van der Waals surface area contributed by atoms with E-state index in [-0.39, 0.29) is 5.91 Å². The summed E-state index contributed by atoms with van der Waals surface area (Å²) >= 11 is 2.18. The number of aromatic nitrogens is 1. The summed E-state index contributed by atoms with van der Waals surface area (Å²) in [4.78, 5) is 15.8. The van der Waals surface area contributed by atoms with Crippen LogP contribution in [0.5, 0.6) is 0 Å². The average molecular weight is 324 g/mol. The minimum absolute atomic E-state index is 0.143. The predicted octanol–water partition coefficient (Wildman–Crippen LogP) is 2.94. The molecule has 4 heteroatoms. The van der Waals surface area contributed by atoms with Crippen molar-refractivity contribution in [2.75, 3.05) is 5.32 Å². The highest BCUT2D eigenvalue weighted by atomic mass is 127. The first-order chi connectivity index (χ1) is 7.75. The Balaban J connectivity index is 2.14. The van der Waals surface area contributed by atoms with Gasteiger partial charge in [-0.2, -0.15) is 0 Å². The van der Waals surface area contributed by atoms with Gasteiger partial charge in [0.05, 0.1) is 0 Å². The molecule has 1 amide bonds. The summed E-state index contributed by atoms with van der Waals surface area (Å²) in [6.45, 7) is 0. The average Bonchev–Trinajstić information content (AvgIpc) is 2.30. The number of nitrogens with one attached hydrogen (secondary N) is 1. The molecule has 0 atom stereocenters. The molecule has 1 aromatic carbocycles. The van der Waals surface area contributed by atoms with Crippen molar-refractivity contribution in [1.82, 2.24) is 4.98 Å². The Kier molecular flexibility index (Phi) is 3.51. The van der Waals surface area contributed by atoms with Crippen LogP contribution in [0.3, 0.4) is 0 Å². The van der Waals surface area contributed by atoms with Gasteiger partial charge < -0.3 is 5.32 Å². The third-order valence-corrected chi connectivity index (χ3v) is 2.67. The fraction of sp³-hybridized carbons (Fsp3) is 0. The monoisotopic (exact) mass is 324 g/mol. The zero-order valence-electron chi connectivity index (χ0n) is 8.35. The standard InChI is InChI=1S/C12H9IN2O/c13-10-6-7-14-11(8-10)15-12(16)9-4-2-1-3-5-9/h1-8H,(H,14,15,16). The van der Waals surface area contributed by atoms with E-state index in [9.17, 15) is 4.79 Å². The van der Waals surface area contributed by atoms with Crippen molar-refractivity contribution in [1.29, 1.82) is 0 Å². The molecule has 0 saturated heterocycles. The van der Waals surface area contributed by atoms with Gasteiger partial charge in [0.1, 0.15) is 5.82 Å². The fourth-order valence-electron chi connectivity index (χ4n) is 1.25. The van der Waals surface area contributed by atoms with Crippen LogP contribution in [0, 0.1) is 3.57 Å². The number of nitrogens with zero attached hydrogens (tertiary/aromatic N) is 1. The molecule has 3 nitrogen and oxygen atoms in total. The van der Waals surface area contributed by atoms with E-state index >= 15 is 0 Å². The van der Waals surface area contributed by atoms with E-state index in [2.05, 4.69) is 32.9 Å². The van der Waals surface area contributed by atoms with E-state index in [1.165, 1.54) is 0 Å². The number of carbonyl (C=O) groups is 1. The number of benzene rings is 1. The molecule has 1 heterocycles. The lowest BCUT2D eigenvalue weighted by Crippen LogP contribution is -2.12. The van der Waals surface area contributed by atoms with Crippen molar-refractivity contribution in [3.8, 4) is 0 Å². The molecule has 80 valence electrons. The lowest BCUT2D eigenvalue weighted by atomic mass is 10.2. The molecule has 0 aliphatic carbocycles. The van der Waals surface area contributed by atoms with Crippen LogP contribution in [-0.2, 0) is 0 Å². The van der Waals surface area contributed by atoms with Crippen LogP contribution in [0.2, 0.25) is 0 Å². The van der Waals surface area contributed by atoms with Crippen LogP contribution in [0.4, 0.5) is 5.82 Å². The molecule has 1 aromatic heterocycles. The number of anilines is 1. The van der Waals surface area contributed by atoms with Crippen molar-refractivity contribution in [3.05, 3.63) is 57.8 Å². The van der Waals surface area contributed by atoms with Crippen molar-refractivity contribution in [3.63, 3.8) is 0 Å². The summed E-state index contributed by atoms with van der Waals surface area (Å²) in [5, 5.41) is 2.74. The van der Waals surface area contributed by atoms with E-state index in [0.29, 0.717) is 11.4 Å². The van der Waals surface area contributed by atoms with Gasteiger partial charge in [0.2, 0.25) is 0 Å². The zero-order chi connectivity index (χ0) is 11.4. The molecular weight excluding hydrogens is 315 g/mol. The fourth-order valence-corrected chi connectivity index (χ4v) is 1.71.